The summed E-state index contributed by atoms with van der Waals surface area (Å²) in [6.07, 6.45) is 3.79. The molecule has 0 saturated heterocycles. The molecule has 5 heteroatoms. The van der Waals surface area contributed by atoms with E-state index in [-0.39, 0.29) is 20.1 Å². The fraction of sp³-hybridized carbons (Fsp3) is 0.200. The standard InChI is InChI=1S/C20H18NOSi.C15H16N.Ir/c1-23(2,3)14-11-12-21-18(13-14)17-9-6-8-16-15-7-4-5-10-19(15)22-20(16)17;1-11(2)13-5-7-14(8-6-13)15-9-4-12(3)10-16-15;/h4-8,10-13H,1-3H3;4-7,9-11H,1-3H3;/q2*-1;. The molecule has 0 saturated carbocycles. The maximum absolute atomic E-state index is 6.10. The number of hydrogen-bond donors (Lipinski definition) is 0. The predicted octanol–water partition coefficient (Wildman–Crippen LogP) is 8.97. The minimum absolute atomic E-state index is 0. The molecule has 0 N–H and O–H groups in total. The van der Waals surface area contributed by atoms with Gasteiger partial charge in [0.25, 0.3) is 0 Å². The maximum atomic E-state index is 6.10. The van der Waals surface area contributed by atoms with Crippen molar-refractivity contribution in [1.29, 1.82) is 0 Å². The first-order chi connectivity index (χ1) is 18.7. The fourth-order valence-corrected chi connectivity index (χ4v) is 5.64. The minimum Gasteiger partial charge on any atom is -0.501 e. The first kappa shape index (κ1) is 29.6. The second-order valence-electron chi connectivity index (χ2n) is 11.3. The largest absolute Gasteiger partial charge is 0.501 e. The van der Waals surface area contributed by atoms with Crippen LogP contribution in [0.3, 0.4) is 0 Å². The van der Waals surface area contributed by atoms with Crippen LogP contribution in [0.2, 0.25) is 19.6 Å². The van der Waals surface area contributed by atoms with Crippen LogP contribution in [0, 0.1) is 19.1 Å². The summed E-state index contributed by atoms with van der Waals surface area (Å²) in [5, 5.41) is 3.65. The molecule has 3 aromatic heterocycles. The van der Waals surface area contributed by atoms with E-state index in [2.05, 4.69) is 104 Å². The second kappa shape index (κ2) is 12.4. The Morgan fingerprint density at radius 1 is 0.825 bits per heavy atom. The smallest absolute Gasteiger partial charge is 0.120 e. The van der Waals surface area contributed by atoms with E-state index in [1.54, 1.807) is 0 Å². The number of hydrogen-bond acceptors (Lipinski definition) is 3. The molecule has 6 rings (SSSR count). The Hall–Kier alpha value is -3.37. The van der Waals surface area contributed by atoms with Crippen molar-refractivity contribution in [2.75, 3.05) is 0 Å². The van der Waals surface area contributed by atoms with E-state index in [0.717, 1.165) is 44.5 Å². The summed E-state index contributed by atoms with van der Waals surface area (Å²) in [4.78, 5) is 8.97. The van der Waals surface area contributed by atoms with Crippen molar-refractivity contribution in [3.8, 4) is 22.5 Å². The average Bonchev–Trinajstić information content (AvgIpc) is 3.32. The van der Waals surface area contributed by atoms with Gasteiger partial charge in [-0.2, -0.15) is 0 Å². The van der Waals surface area contributed by atoms with Crippen LogP contribution in [0.5, 0.6) is 0 Å². The Labute approximate surface area is 252 Å². The van der Waals surface area contributed by atoms with Gasteiger partial charge in [0.15, 0.2) is 0 Å². The van der Waals surface area contributed by atoms with Crippen molar-refractivity contribution in [2.45, 2.75) is 46.3 Å². The monoisotopic (exact) mass is 719 g/mol. The molecule has 205 valence electrons. The van der Waals surface area contributed by atoms with Crippen molar-refractivity contribution in [2.24, 2.45) is 0 Å². The molecule has 3 aromatic carbocycles. The molecule has 6 aromatic rings. The van der Waals surface area contributed by atoms with E-state index in [0.29, 0.717) is 5.92 Å². The molecule has 0 aliphatic carbocycles. The van der Waals surface area contributed by atoms with E-state index in [4.69, 9.17) is 4.42 Å². The van der Waals surface area contributed by atoms with Gasteiger partial charge in [0, 0.05) is 37.9 Å². The van der Waals surface area contributed by atoms with Gasteiger partial charge in [0.2, 0.25) is 0 Å². The van der Waals surface area contributed by atoms with Crippen LogP contribution in [0.15, 0.2) is 95.7 Å². The Morgan fingerprint density at radius 3 is 2.30 bits per heavy atom. The van der Waals surface area contributed by atoms with E-state index in [1.165, 1.54) is 16.3 Å². The molecule has 3 heterocycles. The van der Waals surface area contributed by atoms with Gasteiger partial charge >= 0.3 is 0 Å². The van der Waals surface area contributed by atoms with Gasteiger partial charge in [0.05, 0.1) is 13.7 Å². The first-order valence-corrected chi connectivity index (χ1v) is 16.9. The van der Waals surface area contributed by atoms with E-state index in [1.807, 2.05) is 49.6 Å². The molecule has 0 bridgehead atoms. The van der Waals surface area contributed by atoms with Crippen LogP contribution >= 0.6 is 0 Å². The average molecular weight is 719 g/mol. The Balaban J connectivity index is 0.000000192. The van der Waals surface area contributed by atoms with Crippen molar-refractivity contribution in [1.82, 2.24) is 9.97 Å². The van der Waals surface area contributed by atoms with Crippen LogP contribution in [0.25, 0.3) is 44.5 Å². The SMILES string of the molecule is C[Si](C)(C)c1ccnc(-c2[c-]ccc3c2oc2ccccc23)c1.Cc1ccc(-c2[c-]cc(C(C)C)cc2)nc1.[Ir]. The number of para-hydroxylation sites is 1. The number of rotatable bonds is 4. The fourth-order valence-electron chi connectivity index (χ4n) is 4.50. The minimum atomic E-state index is -1.38. The van der Waals surface area contributed by atoms with E-state index < -0.39 is 8.07 Å². The van der Waals surface area contributed by atoms with Crippen LogP contribution in [0.4, 0.5) is 0 Å². The Morgan fingerprint density at radius 2 is 1.62 bits per heavy atom. The molecule has 0 amide bonds. The summed E-state index contributed by atoms with van der Waals surface area (Å²) in [5.41, 5.74) is 8.20. The van der Waals surface area contributed by atoms with Gasteiger partial charge in [-0.05, 0) is 36.0 Å². The molecule has 40 heavy (non-hydrogen) atoms. The van der Waals surface area contributed by atoms with E-state index in [9.17, 15) is 0 Å². The summed E-state index contributed by atoms with van der Waals surface area (Å²) in [5.74, 6) is 0.552. The van der Waals surface area contributed by atoms with Crippen molar-refractivity contribution in [3.63, 3.8) is 0 Å². The predicted molar refractivity (Wildman–Crippen MR) is 166 cm³/mol. The summed E-state index contributed by atoms with van der Waals surface area (Å²) >= 11 is 0. The number of pyridine rings is 2. The normalized spacial score (nSPS) is 11.3. The van der Waals surface area contributed by atoms with Crippen LogP contribution < -0.4 is 5.19 Å². The first-order valence-electron chi connectivity index (χ1n) is 13.4. The molecule has 0 atom stereocenters. The summed E-state index contributed by atoms with van der Waals surface area (Å²) in [6, 6.07) is 33.5. The van der Waals surface area contributed by atoms with Gasteiger partial charge in [-0.1, -0.05) is 91.9 Å². The molecule has 3 nitrogen and oxygen atoms in total. The van der Waals surface area contributed by atoms with Crippen LogP contribution in [-0.2, 0) is 20.1 Å². The van der Waals surface area contributed by atoms with Crippen molar-refractivity contribution in [3.05, 3.63) is 115 Å². The molecule has 0 aliphatic rings. The Kier molecular flexibility index (Phi) is 9.20. The topological polar surface area (TPSA) is 38.9 Å². The van der Waals surface area contributed by atoms with Crippen LogP contribution in [-0.4, -0.2) is 18.0 Å². The number of nitrogens with zero attached hydrogens (tertiary/aromatic N) is 2. The zero-order chi connectivity index (χ0) is 27.6. The number of aryl methyl sites for hydroxylation is 1. The third-order valence-electron chi connectivity index (χ3n) is 6.91. The van der Waals surface area contributed by atoms with Crippen molar-refractivity contribution < 1.29 is 24.5 Å². The van der Waals surface area contributed by atoms with Gasteiger partial charge in [-0.15, -0.1) is 53.6 Å². The van der Waals surface area contributed by atoms with Crippen LogP contribution in [0.1, 0.15) is 30.9 Å². The third-order valence-corrected chi connectivity index (χ3v) is 8.95. The molecule has 0 spiro atoms. The molecule has 0 unspecified atom stereocenters. The number of aromatic nitrogens is 2. The van der Waals surface area contributed by atoms with Gasteiger partial charge < -0.3 is 14.4 Å². The number of fused-ring (bicyclic) bond motifs is 3. The van der Waals surface area contributed by atoms with E-state index >= 15 is 0 Å². The van der Waals surface area contributed by atoms with Gasteiger partial charge in [-0.25, -0.2) is 0 Å². The molecule has 1 radical (unpaired) electrons. The maximum Gasteiger partial charge on any atom is 0.120 e. The Bertz CT molecular complexity index is 1720. The quantitative estimate of drug-likeness (QED) is 0.135. The third kappa shape index (κ3) is 6.50. The summed E-state index contributed by atoms with van der Waals surface area (Å²) in [7, 11) is -1.38. The molecular weight excluding hydrogens is 685 g/mol. The zero-order valence-electron chi connectivity index (χ0n) is 23.9. The molecular formula is C35H34IrN2OSi-2. The number of benzene rings is 3. The molecule has 0 aliphatic heterocycles. The number of furan rings is 1. The molecule has 0 fully saturated rings. The summed E-state index contributed by atoms with van der Waals surface area (Å²) in [6.45, 7) is 13.5. The zero-order valence-corrected chi connectivity index (χ0v) is 27.3. The second-order valence-corrected chi connectivity index (χ2v) is 16.4. The summed E-state index contributed by atoms with van der Waals surface area (Å²) < 4.78 is 6.10. The van der Waals surface area contributed by atoms with Crippen molar-refractivity contribution >= 4 is 35.2 Å². The van der Waals surface area contributed by atoms with Gasteiger partial charge in [-0.3, -0.25) is 0 Å². The van der Waals surface area contributed by atoms with Gasteiger partial charge in [0.1, 0.15) is 5.58 Å².